The summed E-state index contributed by atoms with van der Waals surface area (Å²) in [4.78, 5) is 23.7. The van der Waals surface area contributed by atoms with Crippen LogP contribution < -0.4 is 5.32 Å². The molecule has 2 fully saturated rings. The van der Waals surface area contributed by atoms with E-state index in [2.05, 4.69) is 12.2 Å². The number of carbonyl (C=O) groups is 2. The molecule has 0 aromatic carbocycles. The first-order valence-electron chi connectivity index (χ1n) is 4.68. The molecular weight excluding hydrogens is 168 g/mol. The van der Waals surface area contributed by atoms with Gasteiger partial charge in [0, 0.05) is 6.54 Å². The molecule has 0 atom stereocenters. The fourth-order valence-electron chi connectivity index (χ4n) is 2.01. The van der Waals surface area contributed by atoms with E-state index >= 15 is 0 Å². The smallest absolute Gasteiger partial charge is 0.315 e. The van der Waals surface area contributed by atoms with Crippen molar-refractivity contribution in [2.45, 2.75) is 26.2 Å². The molecule has 1 heterocycles. The zero-order valence-corrected chi connectivity index (χ0v) is 7.80. The lowest BCUT2D eigenvalue weighted by Gasteiger charge is -2.40. The van der Waals surface area contributed by atoms with E-state index in [4.69, 9.17) is 0 Å². The summed E-state index contributed by atoms with van der Waals surface area (Å²) in [5.74, 6) is -0.173. The predicted octanol–water partition coefficient (Wildman–Crippen LogP) is 0.728. The largest absolute Gasteiger partial charge is 0.324 e. The zero-order valence-electron chi connectivity index (χ0n) is 7.80. The Morgan fingerprint density at radius 3 is 2.54 bits per heavy atom. The molecule has 1 N–H and O–H groups in total. The molecule has 2 aliphatic rings. The van der Waals surface area contributed by atoms with E-state index in [0.717, 1.165) is 6.54 Å². The van der Waals surface area contributed by atoms with Crippen LogP contribution in [0, 0.1) is 5.41 Å². The number of nitrogens with zero attached hydrogens (tertiary/aromatic N) is 1. The Bertz CT molecular complexity index is 258. The van der Waals surface area contributed by atoms with Crippen molar-refractivity contribution in [3.8, 4) is 0 Å². The molecule has 4 nitrogen and oxygen atoms in total. The lowest BCUT2D eigenvalue weighted by atomic mass is 9.70. The number of nitrogens with one attached hydrogen (secondary N) is 1. The van der Waals surface area contributed by atoms with Crippen molar-refractivity contribution in [3.63, 3.8) is 0 Å². The second kappa shape index (κ2) is 2.72. The lowest BCUT2D eigenvalue weighted by Crippen LogP contribution is -2.41. The van der Waals surface area contributed by atoms with Crippen LogP contribution in [0.25, 0.3) is 0 Å². The number of hydrogen-bond donors (Lipinski definition) is 1. The zero-order chi connectivity index (χ0) is 9.47. The molecular formula is C9H14N2O2. The summed E-state index contributed by atoms with van der Waals surface area (Å²) in [5.41, 5.74) is 0.266. The molecule has 0 unspecified atom stereocenters. The number of amides is 3. The Morgan fingerprint density at radius 2 is 2.15 bits per heavy atom. The van der Waals surface area contributed by atoms with Crippen LogP contribution in [0.15, 0.2) is 0 Å². The number of rotatable bonds is 2. The maximum absolute atomic E-state index is 11.2. The van der Waals surface area contributed by atoms with Gasteiger partial charge in [-0.15, -0.1) is 0 Å². The van der Waals surface area contributed by atoms with E-state index in [0.29, 0.717) is 0 Å². The average Bonchev–Trinajstić information content (AvgIpc) is 2.27. The number of imide groups is 1. The average molecular weight is 182 g/mol. The van der Waals surface area contributed by atoms with Crippen molar-refractivity contribution in [3.05, 3.63) is 0 Å². The number of urea groups is 1. The Morgan fingerprint density at radius 1 is 1.46 bits per heavy atom. The van der Waals surface area contributed by atoms with Crippen molar-refractivity contribution in [1.82, 2.24) is 10.2 Å². The molecule has 0 aromatic heterocycles. The SMILES string of the molecule is CC1(CN2CC(=O)NC2=O)CCC1. The number of hydrogen-bond acceptors (Lipinski definition) is 2. The highest BCUT2D eigenvalue weighted by molar-refractivity contribution is 6.01. The van der Waals surface area contributed by atoms with E-state index < -0.39 is 0 Å². The fourth-order valence-corrected chi connectivity index (χ4v) is 2.01. The summed E-state index contributed by atoms with van der Waals surface area (Å²) >= 11 is 0. The third kappa shape index (κ3) is 1.53. The Balaban J connectivity index is 1.94. The van der Waals surface area contributed by atoms with Gasteiger partial charge in [-0.2, -0.15) is 0 Å². The molecule has 3 amide bonds. The van der Waals surface area contributed by atoms with Gasteiger partial charge >= 0.3 is 6.03 Å². The van der Waals surface area contributed by atoms with Gasteiger partial charge in [0.2, 0.25) is 5.91 Å². The van der Waals surface area contributed by atoms with Crippen molar-refractivity contribution < 1.29 is 9.59 Å². The third-order valence-corrected chi connectivity index (χ3v) is 3.00. The molecule has 72 valence electrons. The minimum absolute atomic E-state index is 0.173. The van der Waals surface area contributed by atoms with Crippen molar-refractivity contribution in [2.24, 2.45) is 5.41 Å². The van der Waals surface area contributed by atoms with Crippen LogP contribution in [0.2, 0.25) is 0 Å². The minimum atomic E-state index is -0.224. The summed E-state index contributed by atoms with van der Waals surface area (Å²) in [5, 5.41) is 2.29. The van der Waals surface area contributed by atoms with Gasteiger partial charge in [-0.3, -0.25) is 10.1 Å². The van der Waals surface area contributed by atoms with E-state index in [-0.39, 0.29) is 23.9 Å². The highest BCUT2D eigenvalue weighted by Gasteiger charge is 2.37. The molecule has 4 heteroatoms. The van der Waals surface area contributed by atoms with E-state index in [9.17, 15) is 9.59 Å². The van der Waals surface area contributed by atoms with Crippen LogP contribution >= 0.6 is 0 Å². The molecule has 0 radical (unpaired) electrons. The summed E-state index contributed by atoms with van der Waals surface area (Å²) in [7, 11) is 0. The first-order valence-corrected chi connectivity index (χ1v) is 4.68. The van der Waals surface area contributed by atoms with E-state index in [1.165, 1.54) is 19.3 Å². The lowest BCUT2D eigenvalue weighted by molar-refractivity contribution is -0.118. The molecule has 0 aromatic rings. The monoisotopic (exact) mass is 182 g/mol. The van der Waals surface area contributed by atoms with Gasteiger partial charge in [0.05, 0.1) is 0 Å². The second-order valence-electron chi connectivity index (χ2n) is 4.37. The molecule has 0 bridgehead atoms. The Kier molecular flexibility index (Phi) is 1.78. The quantitative estimate of drug-likeness (QED) is 0.640. The maximum Gasteiger partial charge on any atom is 0.324 e. The van der Waals surface area contributed by atoms with Crippen LogP contribution in [0.3, 0.4) is 0 Å². The highest BCUT2D eigenvalue weighted by Crippen LogP contribution is 2.40. The van der Waals surface area contributed by atoms with Gasteiger partial charge in [0.1, 0.15) is 6.54 Å². The van der Waals surface area contributed by atoms with Gasteiger partial charge in [0.25, 0.3) is 0 Å². The minimum Gasteiger partial charge on any atom is -0.315 e. The highest BCUT2D eigenvalue weighted by atomic mass is 16.2. The van der Waals surface area contributed by atoms with E-state index in [1.807, 2.05) is 0 Å². The third-order valence-electron chi connectivity index (χ3n) is 3.00. The standard InChI is InChI=1S/C9H14N2O2/c1-9(3-2-4-9)6-11-5-7(12)10-8(11)13/h2-6H2,1H3,(H,10,12,13). The van der Waals surface area contributed by atoms with Crippen LogP contribution in [0.5, 0.6) is 0 Å². The normalized spacial score (nSPS) is 25.8. The van der Waals surface area contributed by atoms with Gasteiger partial charge < -0.3 is 4.90 Å². The maximum atomic E-state index is 11.2. The number of carbonyl (C=O) groups excluding carboxylic acids is 2. The predicted molar refractivity (Wildman–Crippen MR) is 47.1 cm³/mol. The second-order valence-corrected chi connectivity index (χ2v) is 4.37. The molecule has 2 rings (SSSR count). The first-order chi connectivity index (χ1) is 6.09. The van der Waals surface area contributed by atoms with Gasteiger partial charge in [-0.25, -0.2) is 4.79 Å². The Hall–Kier alpha value is -1.06. The van der Waals surface area contributed by atoms with Gasteiger partial charge in [0.15, 0.2) is 0 Å². The molecule has 1 saturated carbocycles. The van der Waals surface area contributed by atoms with Gasteiger partial charge in [-0.05, 0) is 18.3 Å². The first kappa shape index (κ1) is 8.53. The van der Waals surface area contributed by atoms with Crippen molar-refractivity contribution in [2.75, 3.05) is 13.1 Å². The van der Waals surface area contributed by atoms with Gasteiger partial charge in [-0.1, -0.05) is 13.3 Å². The molecule has 1 aliphatic heterocycles. The molecule has 13 heavy (non-hydrogen) atoms. The summed E-state index contributed by atoms with van der Waals surface area (Å²) in [6.45, 7) is 3.14. The van der Waals surface area contributed by atoms with Crippen LogP contribution in [-0.2, 0) is 4.79 Å². The Labute approximate surface area is 77.3 Å². The summed E-state index contributed by atoms with van der Waals surface area (Å²) in [6.07, 6.45) is 3.59. The van der Waals surface area contributed by atoms with E-state index in [1.54, 1.807) is 4.90 Å². The molecule has 1 aliphatic carbocycles. The van der Waals surface area contributed by atoms with Crippen molar-refractivity contribution >= 4 is 11.9 Å². The van der Waals surface area contributed by atoms with Crippen LogP contribution in [0.4, 0.5) is 4.79 Å². The van der Waals surface area contributed by atoms with Crippen molar-refractivity contribution in [1.29, 1.82) is 0 Å². The van der Waals surface area contributed by atoms with Crippen LogP contribution in [0.1, 0.15) is 26.2 Å². The fraction of sp³-hybridized carbons (Fsp3) is 0.778. The molecule has 1 saturated heterocycles. The summed E-state index contributed by atoms with van der Waals surface area (Å²) < 4.78 is 0. The summed E-state index contributed by atoms with van der Waals surface area (Å²) in [6, 6.07) is -0.224. The van der Waals surface area contributed by atoms with Crippen LogP contribution in [-0.4, -0.2) is 29.9 Å². The molecule has 0 spiro atoms. The topological polar surface area (TPSA) is 49.4 Å².